The van der Waals surface area contributed by atoms with Gasteiger partial charge in [-0.25, -0.2) is 4.98 Å². The molecule has 0 spiro atoms. The summed E-state index contributed by atoms with van der Waals surface area (Å²) < 4.78 is 1.97. The summed E-state index contributed by atoms with van der Waals surface area (Å²) in [5.41, 5.74) is 5.84. The summed E-state index contributed by atoms with van der Waals surface area (Å²) in [5, 5.41) is 8.27. The first-order valence-corrected chi connectivity index (χ1v) is 10.4. The predicted molar refractivity (Wildman–Crippen MR) is 121 cm³/mol. The zero-order valence-corrected chi connectivity index (χ0v) is 17.8. The highest BCUT2D eigenvalue weighted by Crippen LogP contribution is 2.32. The molecule has 1 aliphatic rings. The van der Waals surface area contributed by atoms with Gasteiger partial charge in [-0.2, -0.15) is 0 Å². The highest BCUT2D eigenvalue weighted by atomic mass is 16.2. The number of benzene rings is 2. The number of amides is 1. The van der Waals surface area contributed by atoms with Crippen LogP contribution in [0.2, 0.25) is 0 Å². The van der Waals surface area contributed by atoms with Gasteiger partial charge in [0.05, 0.1) is 6.54 Å². The van der Waals surface area contributed by atoms with Gasteiger partial charge in [-0.1, -0.05) is 42.5 Å². The molecule has 0 saturated carbocycles. The topological polar surface area (TPSA) is 63.9 Å². The van der Waals surface area contributed by atoms with Gasteiger partial charge in [0.15, 0.2) is 5.82 Å². The number of anilines is 1. The number of nitrogens with zero attached hydrogens (tertiary/aromatic N) is 5. The van der Waals surface area contributed by atoms with Crippen molar-refractivity contribution < 1.29 is 4.79 Å². The van der Waals surface area contributed by atoms with Crippen molar-refractivity contribution >= 4 is 11.7 Å². The number of hydrogen-bond donors (Lipinski definition) is 0. The van der Waals surface area contributed by atoms with E-state index in [4.69, 9.17) is 4.98 Å². The van der Waals surface area contributed by atoms with Crippen molar-refractivity contribution in [3.8, 4) is 22.6 Å². The standard InChI is InChI=1S/C25H23N5O/c1-16(2)30-15-26-28-24(30)22-9-6-10-23(27-22)29-14-19-12-11-18(13-21(19)25(29)31)20-8-5-4-7-17(20)3/h4-13,15-16H,14H2,1-3H3. The van der Waals surface area contributed by atoms with E-state index in [9.17, 15) is 4.79 Å². The third-order valence-corrected chi connectivity index (χ3v) is 5.74. The lowest BCUT2D eigenvalue weighted by Gasteiger charge is -2.16. The molecule has 2 aromatic heterocycles. The van der Waals surface area contributed by atoms with Crippen LogP contribution < -0.4 is 4.90 Å². The maximum absolute atomic E-state index is 13.3. The van der Waals surface area contributed by atoms with E-state index < -0.39 is 0 Å². The van der Waals surface area contributed by atoms with Crippen LogP contribution in [0.15, 0.2) is 67.0 Å². The first-order valence-electron chi connectivity index (χ1n) is 10.4. The van der Waals surface area contributed by atoms with E-state index in [-0.39, 0.29) is 11.9 Å². The molecule has 0 fully saturated rings. The van der Waals surface area contributed by atoms with Gasteiger partial charge in [-0.15, -0.1) is 10.2 Å². The van der Waals surface area contributed by atoms with Gasteiger partial charge >= 0.3 is 0 Å². The number of fused-ring (bicyclic) bond motifs is 1. The lowest BCUT2D eigenvalue weighted by Crippen LogP contribution is -2.24. The van der Waals surface area contributed by atoms with Crippen LogP contribution >= 0.6 is 0 Å². The Bertz CT molecular complexity index is 1290. The van der Waals surface area contributed by atoms with Gasteiger partial charge in [0.25, 0.3) is 5.91 Å². The van der Waals surface area contributed by atoms with E-state index in [0.717, 1.165) is 22.3 Å². The zero-order chi connectivity index (χ0) is 21.5. The van der Waals surface area contributed by atoms with E-state index in [1.165, 1.54) is 5.56 Å². The average molecular weight is 409 g/mol. The van der Waals surface area contributed by atoms with Gasteiger partial charge in [-0.3, -0.25) is 9.69 Å². The van der Waals surface area contributed by atoms with Gasteiger partial charge in [0.1, 0.15) is 17.8 Å². The Labute approximate surface area is 181 Å². The highest BCUT2D eigenvalue weighted by Gasteiger charge is 2.30. The number of carbonyl (C=O) groups excluding carboxylic acids is 1. The van der Waals surface area contributed by atoms with Gasteiger partial charge in [-0.05, 0) is 61.2 Å². The third kappa shape index (κ3) is 3.30. The molecular formula is C25H23N5O. The number of hydrogen-bond acceptors (Lipinski definition) is 4. The second-order valence-corrected chi connectivity index (χ2v) is 8.11. The molecule has 6 heteroatoms. The molecule has 0 atom stereocenters. The summed E-state index contributed by atoms with van der Waals surface area (Å²) in [6.07, 6.45) is 1.71. The number of aromatic nitrogens is 4. The van der Waals surface area contributed by atoms with Crippen molar-refractivity contribution in [2.45, 2.75) is 33.4 Å². The monoisotopic (exact) mass is 409 g/mol. The van der Waals surface area contributed by atoms with E-state index in [0.29, 0.717) is 23.9 Å². The van der Waals surface area contributed by atoms with Crippen LogP contribution in [0.3, 0.4) is 0 Å². The molecule has 3 heterocycles. The SMILES string of the molecule is Cc1ccccc1-c1ccc2c(c1)C(=O)N(c1cccc(-c3nncn3C(C)C)n1)C2. The molecule has 154 valence electrons. The molecular weight excluding hydrogens is 386 g/mol. The minimum absolute atomic E-state index is 0.0274. The fourth-order valence-electron chi connectivity index (χ4n) is 4.05. The Balaban J connectivity index is 1.49. The summed E-state index contributed by atoms with van der Waals surface area (Å²) in [4.78, 5) is 19.8. The van der Waals surface area contributed by atoms with E-state index >= 15 is 0 Å². The van der Waals surface area contributed by atoms with E-state index in [1.54, 1.807) is 11.2 Å². The van der Waals surface area contributed by atoms with Crippen molar-refractivity contribution in [1.82, 2.24) is 19.7 Å². The minimum Gasteiger partial charge on any atom is -0.310 e. The van der Waals surface area contributed by atoms with Crippen LogP contribution in [0, 0.1) is 6.92 Å². The molecule has 6 nitrogen and oxygen atoms in total. The molecule has 2 aromatic carbocycles. The van der Waals surface area contributed by atoms with Crippen LogP contribution in [0.5, 0.6) is 0 Å². The number of carbonyl (C=O) groups is 1. The van der Waals surface area contributed by atoms with Crippen LogP contribution in [-0.2, 0) is 6.54 Å². The third-order valence-electron chi connectivity index (χ3n) is 5.74. The zero-order valence-electron chi connectivity index (χ0n) is 17.8. The maximum atomic E-state index is 13.3. The van der Waals surface area contributed by atoms with Crippen molar-refractivity contribution in [2.24, 2.45) is 0 Å². The summed E-state index contributed by atoms with van der Waals surface area (Å²) >= 11 is 0. The lowest BCUT2D eigenvalue weighted by atomic mass is 9.97. The Kier molecular flexibility index (Phi) is 4.62. The molecule has 0 bridgehead atoms. The van der Waals surface area contributed by atoms with Gasteiger partial charge in [0, 0.05) is 11.6 Å². The molecule has 1 amide bonds. The second-order valence-electron chi connectivity index (χ2n) is 8.11. The van der Waals surface area contributed by atoms with Crippen molar-refractivity contribution in [3.05, 3.63) is 83.7 Å². The van der Waals surface area contributed by atoms with E-state index in [1.807, 2.05) is 47.0 Å². The smallest absolute Gasteiger partial charge is 0.260 e. The Morgan fingerprint density at radius 2 is 1.81 bits per heavy atom. The maximum Gasteiger partial charge on any atom is 0.260 e. The Morgan fingerprint density at radius 3 is 2.61 bits per heavy atom. The molecule has 5 rings (SSSR count). The molecule has 4 aromatic rings. The fourth-order valence-corrected chi connectivity index (χ4v) is 4.05. The molecule has 0 N–H and O–H groups in total. The van der Waals surface area contributed by atoms with E-state index in [2.05, 4.69) is 49.2 Å². The second kappa shape index (κ2) is 7.47. The lowest BCUT2D eigenvalue weighted by molar-refractivity contribution is 0.0996. The van der Waals surface area contributed by atoms with Crippen molar-refractivity contribution in [3.63, 3.8) is 0 Å². The quantitative estimate of drug-likeness (QED) is 0.473. The van der Waals surface area contributed by atoms with Crippen LogP contribution in [0.1, 0.15) is 41.4 Å². The first-order chi connectivity index (χ1) is 15.0. The Morgan fingerprint density at radius 1 is 0.968 bits per heavy atom. The first kappa shape index (κ1) is 19.2. The average Bonchev–Trinajstić information content (AvgIpc) is 3.39. The van der Waals surface area contributed by atoms with Crippen LogP contribution in [0.4, 0.5) is 5.82 Å². The molecule has 31 heavy (non-hydrogen) atoms. The fraction of sp³-hybridized carbons (Fsp3) is 0.200. The van der Waals surface area contributed by atoms with Crippen LogP contribution in [-0.4, -0.2) is 25.7 Å². The number of rotatable bonds is 4. The molecule has 0 unspecified atom stereocenters. The molecule has 0 radical (unpaired) electrons. The molecule has 1 aliphatic heterocycles. The van der Waals surface area contributed by atoms with Crippen molar-refractivity contribution in [1.29, 1.82) is 0 Å². The molecule has 0 aliphatic carbocycles. The largest absolute Gasteiger partial charge is 0.310 e. The number of pyridine rings is 1. The summed E-state index contributed by atoms with van der Waals surface area (Å²) in [7, 11) is 0. The predicted octanol–water partition coefficient (Wildman–Crippen LogP) is 5.06. The highest BCUT2D eigenvalue weighted by molar-refractivity contribution is 6.10. The Hall–Kier alpha value is -3.80. The van der Waals surface area contributed by atoms with Gasteiger partial charge in [0.2, 0.25) is 0 Å². The van der Waals surface area contributed by atoms with Crippen molar-refractivity contribution in [2.75, 3.05) is 4.90 Å². The summed E-state index contributed by atoms with van der Waals surface area (Å²) in [6, 6.07) is 20.3. The van der Waals surface area contributed by atoms with Gasteiger partial charge < -0.3 is 4.57 Å². The summed E-state index contributed by atoms with van der Waals surface area (Å²) in [6.45, 7) is 6.74. The van der Waals surface area contributed by atoms with Crippen LogP contribution in [0.25, 0.3) is 22.6 Å². The summed E-state index contributed by atoms with van der Waals surface area (Å²) in [5.74, 6) is 1.29. The normalized spacial score (nSPS) is 13.2. The number of aryl methyl sites for hydroxylation is 1. The minimum atomic E-state index is -0.0274. The molecule has 0 saturated heterocycles.